The smallest absolute Gasteiger partial charge is 0.264 e. The van der Waals surface area contributed by atoms with E-state index in [0.29, 0.717) is 5.13 Å². The Morgan fingerprint density at radius 2 is 1.96 bits per heavy atom. The predicted molar refractivity (Wildman–Crippen MR) is 114 cm³/mol. The summed E-state index contributed by atoms with van der Waals surface area (Å²) in [7, 11) is 0. The Labute approximate surface area is 169 Å². The van der Waals surface area contributed by atoms with E-state index in [1.165, 1.54) is 41.7 Å². The van der Waals surface area contributed by atoms with Crippen LogP contribution in [0.3, 0.4) is 0 Å². The molecule has 0 atom stereocenters. The number of carbonyl (C=O) groups is 1. The predicted octanol–water partition coefficient (Wildman–Crippen LogP) is 5.27. The Balaban J connectivity index is 1.38. The van der Waals surface area contributed by atoms with Crippen LogP contribution in [0.4, 0.5) is 5.13 Å². The Morgan fingerprint density at radius 1 is 1.14 bits per heavy atom. The molecular weight excluding hydrogens is 368 g/mol. The van der Waals surface area contributed by atoms with Crippen LogP contribution < -0.4 is 10.1 Å². The van der Waals surface area contributed by atoms with Crippen LogP contribution in [-0.2, 0) is 24.1 Å². The number of carbonyl (C=O) groups excluding carboxylic acids is 1. The molecule has 1 aromatic heterocycles. The third kappa shape index (κ3) is 4.25. The number of aryl methyl sites for hydroxylation is 3. The molecule has 3 aromatic rings. The van der Waals surface area contributed by atoms with Crippen molar-refractivity contribution in [3.8, 4) is 17.0 Å². The van der Waals surface area contributed by atoms with Crippen LogP contribution in [0.5, 0.6) is 5.75 Å². The second kappa shape index (κ2) is 8.57. The average Bonchev–Trinajstić information content (AvgIpc) is 3.20. The maximum absolute atomic E-state index is 12.3. The molecule has 1 N–H and O–H groups in total. The van der Waals surface area contributed by atoms with E-state index in [1.807, 2.05) is 29.6 Å². The molecule has 28 heavy (non-hydrogen) atoms. The third-order valence-electron chi connectivity index (χ3n) is 5.11. The fourth-order valence-electron chi connectivity index (χ4n) is 3.59. The van der Waals surface area contributed by atoms with Crippen molar-refractivity contribution in [2.24, 2.45) is 0 Å². The monoisotopic (exact) mass is 392 g/mol. The fourth-order valence-corrected chi connectivity index (χ4v) is 4.33. The molecule has 5 heteroatoms. The zero-order valence-corrected chi connectivity index (χ0v) is 16.8. The van der Waals surface area contributed by atoms with Crippen LogP contribution in [0.2, 0.25) is 0 Å². The van der Waals surface area contributed by atoms with Crippen molar-refractivity contribution < 1.29 is 9.53 Å². The van der Waals surface area contributed by atoms with Gasteiger partial charge in [-0.2, -0.15) is 0 Å². The number of rotatable bonds is 6. The molecule has 1 aliphatic rings. The number of hydrogen-bond acceptors (Lipinski definition) is 4. The summed E-state index contributed by atoms with van der Waals surface area (Å²) in [5.74, 6) is 0.561. The Morgan fingerprint density at radius 3 is 2.82 bits per heavy atom. The fraction of sp³-hybridized carbons (Fsp3) is 0.304. The second-order valence-electron chi connectivity index (χ2n) is 7.03. The summed E-state index contributed by atoms with van der Waals surface area (Å²) >= 11 is 1.44. The van der Waals surface area contributed by atoms with Crippen molar-refractivity contribution in [2.45, 2.75) is 39.0 Å². The maximum Gasteiger partial charge on any atom is 0.264 e. The van der Waals surface area contributed by atoms with Crippen molar-refractivity contribution in [3.05, 3.63) is 64.5 Å². The van der Waals surface area contributed by atoms with Crippen molar-refractivity contribution >= 4 is 22.4 Å². The number of aromatic nitrogens is 1. The van der Waals surface area contributed by atoms with Gasteiger partial charge in [-0.25, -0.2) is 4.98 Å². The quantitative estimate of drug-likeness (QED) is 0.622. The van der Waals surface area contributed by atoms with E-state index in [2.05, 4.69) is 35.4 Å². The molecule has 4 nitrogen and oxygen atoms in total. The Bertz CT molecular complexity index is 980. The molecule has 0 spiro atoms. The van der Waals surface area contributed by atoms with E-state index < -0.39 is 0 Å². The van der Waals surface area contributed by atoms with Gasteiger partial charge in [0.15, 0.2) is 11.7 Å². The SMILES string of the molecule is CCc1ccccc1OCC(=O)Nc1nc(-c2ccc3c(c2)CCCC3)cs1. The first kappa shape index (κ1) is 18.7. The third-order valence-corrected chi connectivity index (χ3v) is 5.86. The van der Waals surface area contributed by atoms with Gasteiger partial charge in [0.1, 0.15) is 5.75 Å². The molecule has 1 aliphatic carbocycles. The van der Waals surface area contributed by atoms with Crippen LogP contribution in [0.15, 0.2) is 47.8 Å². The largest absolute Gasteiger partial charge is 0.483 e. The number of ether oxygens (including phenoxy) is 1. The highest BCUT2D eigenvalue weighted by Gasteiger charge is 2.13. The molecular formula is C23H24N2O2S. The van der Waals surface area contributed by atoms with E-state index in [0.717, 1.165) is 35.4 Å². The zero-order valence-electron chi connectivity index (χ0n) is 16.0. The van der Waals surface area contributed by atoms with Gasteiger partial charge in [-0.15, -0.1) is 11.3 Å². The van der Waals surface area contributed by atoms with E-state index in [9.17, 15) is 4.79 Å². The van der Waals surface area contributed by atoms with Gasteiger partial charge in [0.2, 0.25) is 0 Å². The van der Waals surface area contributed by atoms with E-state index in [-0.39, 0.29) is 12.5 Å². The highest BCUT2D eigenvalue weighted by Crippen LogP contribution is 2.29. The molecule has 0 bridgehead atoms. The van der Waals surface area contributed by atoms with Crippen molar-refractivity contribution in [2.75, 3.05) is 11.9 Å². The number of amides is 1. The lowest BCUT2D eigenvalue weighted by Crippen LogP contribution is -2.20. The molecule has 4 rings (SSSR count). The molecule has 2 aromatic carbocycles. The lowest BCUT2D eigenvalue weighted by atomic mass is 9.90. The highest BCUT2D eigenvalue weighted by atomic mass is 32.1. The van der Waals surface area contributed by atoms with Crippen LogP contribution in [0.25, 0.3) is 11.3 Å². The normalized spacial score (nSPS) is 13.0. The number of para-hydroxylation sites is 1. The minimum Gasteiger partial charge on any atom is -0.483 e. The first-order chi connectivity index (χ1) is 13.7. The van der Waals surface area contributed by atoms with E-state index >= 15 is 0 Å². The molecule has 1 heterocycles. The van der Waals surface area contributed by atoms with Gasteiger partial charge in [0, 0.05) is 10.9 Å². The number of fused-ring (bicyclic) bond motifs is 1. The maximum atomic E-state index is 12.3. The van der Waals surface area contributed by atoms with Crippen molar-refractivity contribution in [3.63, 3.8) is 0 Å². The van der Waals surface area contributed by atoms with Gasteiger partial charge < -0.3 is 4.74 Å². The van der Waals surface area contributed by atoms with Gasteiger partial charge in [-0.05, 0) is 60.9 Å². The minimum absolute atomic E-state index is 0.0230. The van der Waals surface area contributed by atoms with Crippen molar-refractivity contribution in [1.29, 1.82) is 0 Å². The summed E-state index contributed by atoms with van der Waals surface area (Å²) in [6.45, 7) is 2.05. The molecule has 1 amide bonds. The van der Waals surface area contributed by atoms with Crippen molar-refractivity contribution in [1.82, 2.24) is 4.98 Å². The molecule has 0 saturated heterocycles. The molecule has 0 radical (unpaired) electrons. The highest BCUT2D eigenvalue weighted by molar-refractivity contribution is 7.14. The number of nitrogens with zero attached hydrogens (tertiary/aromatic N) is 1. The molecule has 0 fully saturated rings. The van der Waals surface area contributed by atoms with Gasteiger partial charge in [-0.3, -0.25) is 10.1 Å². The first-order valence-corrected chi connectivity index (χ1v) is 10.7. The molecule has 144 valence electrons. The lowest BCUT2D eigenvalue weighted by molar-refractivity contribution is -0.118. The van der Waals surface area contributed by atoms with Crippen LogP contribution in [0, 0.1) is 0 Å². The van der Waals surface area contributed by atoms with Gasteiger partial charge in [0.25, 0.3) is 5.91 Å². The van der Waals surface area contributed by atoms with Crippen LogP contribution in [0.1, 0.15) is 36.5 Å². The summed E-state index contributed by atoms with van der Waals surface area (Å²) in [5.41, 5.74) is 6.02. The minimum atomic E-state index is -0.197. The molecule has 0 saturated carbocycles. The Hall–Kier alpha value is -2.66. The van der Waals surface area contributed by atoms with Gasteiger partial charge >= 0.3 is 0 Å². The number of thiazole rings is 1. The summed E-state index contributed by atoms with van der Waals surface area (Å²) in [5, 5.41) is 5.44. The topological polar surface area (TPSA) is 51.2 Å². The van der Waals surface area contributed by atoms with E-state index in [4.69, 9.17) is 4.74 Å². The van der Waals surface area contributed by atoms with E-state index in [1.54, 1.807) is 0 Å². The van der Waals surface area contributed by atoms with Crippen LogP contribution in [-0.4, -0.2) is 17.5 Å². The zero-order chi connectivity index (χ0) is 19.3. The second-order valence-corrected chi connectivity index (χ2v) is 7.88. The summed E-state index contributed by atoms with van der Waals surface area (Å²) in [6, 6.07) is 14.4. The summed E-state index contributed by atoms with van der Waals surface area (Å²) in [4.78, 5) is 16.8. The Kier molecular flexibility index (Phi) is 5.72. The number of benzene rings is 2. The number of nitrogens with one attached hydrogen (secondary N) is 1. The standard InChI is InChI=1S/C23H24N2O2S/c1-2-16-7-5-6-10-21(16)27-14-22(26)25-23-24-20(15-28-23)19-12-11-17-8-3-4-9-18(17)13-19/h5-7,10-13,15H,2-4,8-9,14H2,1H3,(H,24,25,26). The van der Waals surface area contributed by atoms with Gasteiger partial charge in [0.05, 0.1) is 5.69 Å². The summed E-state index contributed by atoms with van der Waals surface area (Å²) in [6.07, 6.45) is 5.73. The average molecular weight is 393 g/mol. The lowest BCUT2D eigenvalue weighted by Gasteiger charge is -2.16. The number of anilines is 1. The molecule has 0 unspecified atom stereocenters. The van der Waals surface area contributed by atoms with Crippen LogP contribution >= 0.6 is 11.3 Å². The molecule has 0 aliphatic heterocycles. The number of hydrogen-bond donors (Lipinski definition) is 1. The first-order valence-electron chi connectivity index (χ1n) is 9.81. The summed E-state index contributed by atoms with van der Waals surface area (Å²) < 4.78 is 5.68. The van der Waals surface area contributed by atoms with Gasteiger partial charge in [-0.1, -0.05) is 37.3 Å².